The van der Waals surface area contributed by atoms with Crippen molar-refractivity contribution < 1.29 is 0 Å². The van der Waals surface area contributed by atoms with E-state index in [9.17, 15) is 0 Å². The maximum Gasteiger partial charge on any atom is -0.00201 e. The van der Waals surface area contributed by atoms with Crippen LogP contribution in [0.3, 0.4) is 0 Å². The highest BCUT2D eigenvalue weighted by Gasteiger charge is 2.17. The van der Waals surface area contributed by atoms with Crippen LogP contribution < -0.4 is 0 Å². The zero-order valence-corrected chi connectivity index (χ0v) is 26.3. The molecular formula is C48H30. The first-order valence-electron chi connectivity index (χ1n) is 16.7. The lowest BCUT2D eigenvalue weighted by Gasteiger charge is -2.18. The van der Waals surface area contributed by atoms with Crippen molar-refractivity contribution in [1.29, 1.82) is 0 Å². The van der Waals surface area contributed by atoms with E-state index in [1.165, 1.54) is 98.0 Å². The number of hydrogen-bond donors (Lipinski definition) is 0. The summed E-state index contributed by atoms with van der Waals surface area (Å²) < 4.78 is 0. The third kappa shape index (κ3) is 3.96. The Morgan fingerprint density at radius 1 is 0.188 bits per heavy atom. The maximum absolute atomic E-state index is 2.33. The fourth-order valence-corrected chi connectivity index (χ4v) is 8.18. The molecule has 10 rings (SSSR count). The molecule has 222 valence electrons. The molecule has 0 aliphatic rings. The molecule has 0 fully saturated rings. The van der Waals surface area contributed by atoms with E-state index < -0.39 is 0 Å². The van der Waals surface area contributed by atoms with Gasteiger partial charge >= 0.3 is 0 Å². The summed E-state index contributed by atoms with van der Waals surface area (Å²) in [6.07, 6.45) is 0. The Balaban J connectivity index is 1.18. The molecule has 0 aliphatic heterocycles. The average molecular weight is 607 g/mol. The van der Waals surface area contributed by atoms with Crippen LogP contribution in [0.25, 0.3) is 98.0 Å². The van der Waals surface area contributed by atoms with Crippen LogP contribution in [-0.2, 0) is 0 Å². The van der Waals surface area contributed by atoms with Crippen molar-refractivity contribution >= 4 is 64.6 Å². The second kappa shape index (κ2) is 10.7. The Morgan fingerprint density at radius 3 is 1.10 bits per heavy atom. The molecular weight excluding hydrogens is 577 g/mol. The first-order chi connectivity index (χ1) is 23.8. The average Bonchev–Trinajstić information content (AvgIpc) is 3.17. The van der Waals surface area contributed by atoms with Gasteiger partial charge in [0, 0.05) is 0 Å². The van der Waals surface area contributed by atoms with E-state index in [4.69, 9.17) is 0 Å². The predicted octanol–water partition coefficient (Wildman–Crippen LogP) is 13.6. The molecule has 0 bridgehead atoms. The van der Waals surface area contributed by atoms with Gasteiger partial charge in [-0.1, -0.05) is 182 Å². The maximum atomic E-state index is 2.33. The van der Waals surface area contributed by atoms with E-state index in [1.54, 1.807) is 0 Å². The second-order valence-electron chi connectivity index (χ2n) is 12.8. The van der Waals surface area contributed by atoms with E-state index >= 15 is 0 Å². The molecule has 0 saturated heterocycles. The molecule has 0 nitrogen and oxygen atoms in total. The topological polar surface area (TPSA) is 0 Å². The standard InChI is InChI=1S/C48H30/c1-2-13-32(14-3-1)46-41-19-8-10-21-43(41)47(44-22-11-9-20-42(44)46)33-27-25-31(26-28-33)34-23-12-24-40-38(34)29-30-45-37-17-5-4-15-35(37)36-16-6-7-18-39(36)48(40)45/h1-30H. The molecule has 0 aliphatic carbocycles. The van der Waals surface area contributed by atoms with E-state index in [1.807, 2.05) is 0 Å². The van der Waals surface area contributed by atoms with Crippen LogP contribution in [0.1, 0.15) is 0 Å². The molecule has 0 atom stereocenters. The summed E-state index contributed by atoms with van der Waals surface area (Å²) in [4.78, 5) is 0. The summed E-state index contributed by atoms with van der Waals surface area (Å²) in [7, 11) is 0. The van der Waals surface area contributed by atoms with Crippen molar-refractivity contribution in [3.63, 3.8) is 0 Å². The van der Waals surface area contributed by atoms with Gasteiger partial charge in [-0.2, -0.15) is 0 Å². The number of fused-ring (bicyclic) bond motifs is 10. The number of benzene rings is 10. The first kappa shape index (κ1) is 26.9. The van der Waals surface area contributed by atoms with E-state index in [-0.39, 0.29) is 0 Å². The quantitative estimate of drug-likeness (QED) is 0.139. The van der Waals surface area contributed by atoms with Gasteiger partial charge in [-0.3, -0.25) is 0 Å². The monoisotopic (exact) mass is 606 g/mol. The highest BCUT2D eigenvalue weighted by Crippen LogP contribution is 2.45. The first-order valence-corrected chi connectivity index (χ1v) is 16.7. The van der Waals surface area contributed by atoms with Crippen molar-refractivity contribution in [3.8, 4) is 33.4 Å². The minimum atomic E-state index is 1.23. The van der Waals surface area contributed by atoms with Crippen LogP contribution in [0.2, 0.25) is 0 Å². The van der Waals surface area contributed by atoms with Gasteiger partial charge in [0.15, 0.2) is 0 Å². The normalized spacial score (nSPS) is 11.8. The molecule has 0 heteroatoms. The molecule has 10 aromatic rings. The lowest BCUT2D eigenvalue weighted by atomic mass is 9.85. The van der Waals surface area contributed by atoms with E-state index in [0.717, 1.165) is 0 Å². The van der Waals surface area contributed by atoms with Crippen LogP contribution in [0.5, 0.6) is 0 Å². The van der Waals surface area contributed by atoms with Crippen molar-refractivity contribution in [2.75, 3.05) is 0 Å². The predicted molar refractivity (Wildman–Crippen MR) is 208 cm³/mol. The third-order valence-electron chi connectivity index (χ3n) is 10.2. The molecule has 0 spiro atoms. The summed E-state index contributed by atoms with van der Waals surface area (Å²) in [5, 5.41) is 15.6. The van der Waals surface area contributed by atoms with Gasteiger partial charge in [0.2, 0.25) is 0 Å². The van der Waals surface area contributed by atoms with Crippen LogP contribution >= 0.6 is 0 Å². The van der Waals surface area contributed by atoms with Gasteiger partial charge in [-0.25, -0.2) is 0 Å². The van der Waals surface area contributed by atoms with Crippen LogP contribution in [0.15, 0.2) is 182 Å². The zero-order valence-electron chi connectivity index (χ0n) is 26.3. The van der Waals surface area contributed by atoms with Crippen molar-refractivity contribution in [2.24, 2.45) is 0 Å². The van der Waals surface area contributed by atoms with Gasteiger partial charge in [0.1, 0.15) is 0 Å². The van der Waals surface area contributed by atoms with Gasteiger partial charge in [-0.05, 0) is 98.0 Å². The van der Waals surface area contributed by atoms with Crippen LogP contribution in [0, 0.1) is 0 Å². The summed E-state index contributed by atoms with van der Waals surface area (Å²) in [6, 6.07) is 66.9. The van der Waals surface area contributed by atoms with Crippen molar-refractivity contribution in [3.05, 3.63) is 182 Å². The Morgan fingerprint density at radius 2 is 0.542 bits per heavy atom. The molecule has 0 radical (unpaired) electrons. The summed E-state index contributed by atoms with van der Waals surface area (Å²) in [5.74, 6) is 0. The molecule has 0 unspecified atom stereocenters. The van der Waals surface area contributed by atoms with Gasteiger partial charge in [0.25, 0.3) is 0 Å². The van der Waals surface area contributed by atoms with Gasteiger partial charge in [0.05, 0.1) is 0 Å². The number of rotatable bonds is 3. The highest BCUT2D eigenvalue weighted by molar-refractivity contribution is 6.32. The zero-order chi connectivity index (χ0) is 31.6. The Kier molecular flexibility index (Phi) is 5.98. The van der Waals surface area contributed by atoms with Crippen LogP contribution in [0.4, 0.5) is 0 Å². The summed E-state index contributed by atoms with van der Waals surface area (Å²) in [5.41, 5.74) is 7.54. The molecule has 0 N–H and O–H groups in total. The molecule has 48 heavy (non-hydrogen) atoms. The van der Waals surface area contributed by atoms with Gasteiger partial charge in [-0.15, -0.1) is 0 Å². The van der Waals surface area contributed by atoms with E-state index in [0.29, 0.717) is 0 Å². The summed E-state index contributed by atoms with van der Waals surface area (Å²) in [6.45, 7) is 0. The Labute approximate surface area is 279 Å². The Hall–Kier alpha value is -6.24. The third-order valence-corrected chi connectivity index (χ3v) is 10.2. The van der Waals surface area contributed by atoms with Crippen molar-refractivity contribution in [1.82, 2.24) is 0 Å². The smallest absolute Gasteiger partial charge is 0.00201 e. The molecule has 0 amide bonds. The lowest BCUT2D eigenvalue weighted by molar-refractivity contribution is 1.63. The Bertz CT molecular complexity index is 2770. The minimum Gasteiger partial charge on any atom is -0.0622 e. The highest BCUT2D eigenvalue weighted by atomic mass is 14.2. The SMILES string of the molecule is c1ccc(-c2c3ccccc3c(-c3ccc(-c4cccc5c4ccc4c6ccccc6c6ccccc6c54)cc3)c3ccccc23)cc1. The fourth-order valence-electron chi connectivity index (χ4n) is 8.18. The summed E-state index contributed by atoms with van der Waals surface area (Å²) >= 11 is 0. The molecule has 0 aromatic heterocycles. The van der Waals surface area contributed by atoms with E-state index in [2.05, 4.69) is 182 Å². The number of hydrogen-bond acceptors (Lipinski definition) is 0. The molecule has 0 saturated carbocycles. The van der Waals surface area contributed by atoms with Crippen molar-refractivity contribution in [2.45, 2.75) is 0 Å². The largest absolute Gasteiger partial charge is 0.0622 e. The van der Waals surface area contributed by atoms with Gasteiger partial charge < -0.3 is 0 Å². The molecule has 10 aromatic carbocycles. The lowest BCUT2D eigenvalue weighted by Crippen LogP contribution is -1.91. The fraction of sp³-hybridized carbons (Fsp3) is 0. The van der Waals surface area contributed by atoms with Crippen LogP contribution in [-0.4, -0.2) is 0 Å². The minimum absolute atomic E-state index is 1.23. The second-order valence-corrected chi connectivity index (χ2v) is 12.8. The molecule has 0 heterocycles.